The van der Waals surface area contributed by atoms with Gasteiger partial charge in [-0.3, -0.25) is 0 Å². The Balaban J connectivity index is 1.45. The van der Waals surface area contributed by atoms with Gasteiger partial charge >= 0.3 is 6.03 Å². The summed E-state index contributed by atoms with van der Waals surface area (Å²) in [5.74, 6) is 0.514. The predicted octanol–water partition coefficient (Wildman–Crippen LogP) is 5.11. The first kappa shape index (κ1) is 17.9. The molecule has 29 heavy (non-hydrogen) atoms. The van der Waals surface area contributed by atoms with Crippen LogP contribution in [0.1, 0.15) is 19.3 Å². The first-order valence-electron chi connectivity index (χ1n) is 9.78. The van der Waals surface area contributed by atoms with Crippen molar-refractivity contribution >= 4 is 49.2 Å². The largest absolute Gasteiger partial charge is 0.382 e. The molecule has 2 aromatic carbocycles. The average Bonchev–Trinajstić information content (AvgIpc) is 3.14. The number of piperidine rings is 1. The summed E-state index contributed by atoms with van der Waals surface area (Å²) in [7, 11) is 0. The van der Waals surface area contributed by atoms with E-state index in [2.05, 4.69) is 39.6 Å². The molecular formula is C22H21N5OS. The minimum Gasteiger partial charge on any atom is -0.382 e. The number of urea groups is 1. The van der Waals surface area contributed by atoms with E-state index in [-0.39, 0.29) is 6.03 Å². The standard InChI is InChI=1S/C22H21N5OS/c23-21-20-19(24-13-25-21)17-8-7-15(12-18(17)29-20)14-5-4-6-16(11-14)26-22(28)27-9-2-1-3-10-27/h4-8,11-13H,1-3,9-10H2,(H,26,28)(H2,23,24,25). The fourth-order valence-electron chi connectivity index (χ4n) is 3.85. The van der Waals surface area contributed by atoms with E-state index in [9.17, 15) is 4.79 Å². The van der Waals surface area contributed by atoms with Gasteiger partial charge in [-0.15, -0.1) is 11.3 Å². The molecule has 1 aliphatic rings. The van der Waals surface area contributed by atoms with Crippen LogP contribution in [0.2, 0.25) is 0 Å². The third kappa shape index (κ3) is 3.38. The summed E-state index contributed by atoms with van der Waals surface area (Å²) >= 11 is 1.60. The van der Waals surface area contributed by atoms with Crippen LogP contribution in [-0.2, 0) is 0 Å². The maximum atomic E-state index is 12.5. The number of benzene rings is 2. The van der Waals surface area contributed by atoms with Crippen molar-refractivity contribution in [2.24, 2.45) is 0 Å². The Morgan fingerprint density at radius 1 is 1.03 bits per heavy atom. The Kier molecular flexibility index (Phi) is 4.52. The van der Waals surface area contributed by atoms with Crippen LogP contribution in [0.15, 0.2) is 48.8 Å². The zero-order chi connectivity index (χ0) is 19.8. The lowest BCUT2D eigenvalue weighted by Crippen LogP contribution is -2.38. The zero-order valence-corrected chi connectivity index (χ0v) is 16.7. The van der Waals surface area contributed by atoms with Gasteiger partial charge in [0.1, 0.15) is 12.1 Å². The van der Waals surface area contributed by atoms with E-state index in [1.807, 2.05) is 23.1 Å². The van der Waals surface area contributed by atoms with Crippen LogP contribution in [-0.4, -0.2) is 34.0 Å². The van der Waals surface area contributed by atoms with E-state index in [0.717, 1.165) is 63.0 Å². The molecule has 1 fully saturated rings. The second-order valence-corrected chi connectivity index (χ2v) is 8.36. The molecule has 0 atom stereocenters. The van der Waals surface area contributed by atoms with Gasteiger partial charge in [-0.25, -0.2) is 14.8 Å². The number of carbonyl (C=O) groups is 1. The summed E-state index contributed by atoms with van der Waals surface area (Å²) in [6, 6.07) is 14.3. The molecule has 0 aliphatic carbocycles. The van der Waals surface area contributed by atoms with Crippen molar-refractivity contribution in [2.45, 2.75) is 19.3 Å². The van der Waals surface area contributed by atoms with Crippen molar-refractivity contribution in [1.29, 1.82) is 0 Å². The summed E-state index contributed by atoms with van der Waals surface area (Å²) in [5, 5.41) is 4.12. The Hall–Kier alpha value is -3.19. The molecule has 0 bridgehead atoms. The van der Waals surface area contributed by atoms with Gasteiger partial charge in [-0.2, -0.15) is 0 Å². The molecule has 0 saturated carbocycles. The highest BCUT2D eigenvalue weighted by Crippen LogP contribution is 2.37. The van der Waals surface area contributed by atoms with Crippen molar-refractivity contribution in [3.8, 4) is 11.1 Å². The molecule has 4 aromatic rings. The second-order valence-electron chi connectivity index (χ2n) is 7.31. The van der Waals surface area contributed by atoms with E-state index < -0.39 is 0 Å². The Morgan fingerprint density at radius 2 is 1.86 bits per heavy atom. The van der Waals surface area contributed by atoms with Crippen LogP contribution in [0, 0.1) is 0 Å². The summed E-state index contributed by atoms with van der Waals surface area (Å²) in [5.41, 5.74) is 9.86. The topological polar surface area (TPSA) is 84.1 Å². The number of nitrogens with zero attached hydrogens (tertiary/aromatic N) is 3. The molecule has 0 unspecified atom stereocenters. The smallest absolute Gasteiger partial charge is 0.321 e. The molecule has 3 N–H and O–H groups in total. The molecule has 0 spiro atoms. The van der Waals surface area contributed by atoms with E-state index in [4.69, 9.17) is 5.73 Å². The quantitative estimate of drug-likeness (QED) is 0.487. The lowest BCUT2D eigenvalue weighted by atomic mass is 10.0. The van der Waals surface area contributed by atoms with Gasteiger partial charge in [0, 0.05) is 28.9 Å². The predicted molar refractivity (Wildman–Crippen MR) is 119 cm³/mol. The monoisotopic (exact) mass is 403 g/mol. The number of amides is 2. The van der Waals surface area contributed by atoms with Crippen LogP contribution < -0.4 is 11.1 Å². The van der Waals surface area contributed by atoms with E-state index >= 15 is 0 Å². The van der Waals surface area contributed by atoms with Gasteiger partial charge in [-0.1, -0.05) is 24.3 Å². The number of nitrogen functional groups attached to an aromatic ring is 1. The second kappa shape index (κ2) is 7.33. The van der Waals surface area contributed by atoms with Crippen molar-refractivity contribution in [2.75, 3.05) is 24.1 Å². The minimum absolute atomic E-state index is 0.0177. The maximum absolute atomic E-state index is 12.5. The number of carbonyl (C=O) groups excluding carboxylic acids is 1. The molecule has 7 heteroatoms. The summed E-state index contributed by atoms with van der Waals surface area (Å²) in [4.78, 5) is 22.9. The van der Waals surface area contributed by atoms with E-state index in [1.165, 1.54) is 12.7 Å². The molecule has 1 aliphatic heterocycles. The molecule has 2 amide bonds. The number of fused-ring (bicyclic) bond motifs is 3. The van der Waals surface area contributed by atoms with E-state index in [0.29, 0.717) is 5.82 Å². The van der Waals surface area contributed by atoms with Crippen molar-refractivity contribution < 1.29 is 4.79 Å². The van der Waals surface area contributed by atoms with Crippen LogP contribution >= 0.6 is 11.3 Å². The van der Waals surface area contributed by atoms with Gasteiger partial charge in [0.2, 0.25) is 0 Å². The first-order valence-corrected chi connectivity index (χ1v) is 10.6. The Bertz CT molecular complexity index is 1210. The van der Waals surface area contributed by atoms with Crippen LogP contribution in [0.25, 0.3) is 31.4 Å². The Morgan fingerprint density at radius 3 is 2.72 bits per heavy atom. The summed E-state index contributed by atoms with van der Waals surface area (Å²) in [6.07, 6.45) is 4.87. The van der Waals surface area contributed by atoms with Crippen LogP contribution in [0.5, 0.6) is 0 Å². The lowest BCUT2D eigenvalue weighted by molar-refractivity contribution is 0.200. The number of nitrogens with one attached hydrogen (secondary N) is 1. The van der Waals surface area contributed by atoms with Gasteiger partial charge in [-0.05, 0) is 48.6 Å². The average molecular weight is 404 g/mol. The first-order chi connectivity index (χ1) is 14.2. The van der Waals surface area contributed by atoms with Crippen LogP contribution in [0.3, 0.4) is 0 Å². The molecule has 5 rings (SSSR count). The molecule has 3 heterocycles. The number of nitrogens with two attached hydrogens (primary N) is 1. The third-order valence-electron chi connectivity index (χ3n) is 5.37. The number of anilines is 2. The fraction of sp³-hybridized carbons (Fsp3) is 0.227. The molecule has 6 nitrogen and oxygen atoms in total. The summed E-state index contributed by atoms with van der Waals surface area (Å²) in [6.45, 7) is 1.67. The number of thiophene rings is 1. The zero-order valence-electron chi connectivity index (χ0n) is 15.9. The molecule has 146 valence electrons. The van der Waals surface area contributed by atoms with Crippen molar-refractivity contribution in [1.82, 2.24) is 14.9 Å². The minimum atomic E-state index is -0.0177. The molecule has 2 aromatic heterocycles. The number of likely N-dealkylation sites (tertiary alicyclic amines) is 1. The summed E-state index contributed by atoms with van der Waals surface area (Å²) < 4.78 is 2.04. The van der Waals surface area contributed by atoms with E-state index in [1.54, 1.807) is 11.3 Å². The molecular weight excluding hydrogens is 382 g/mol. The number of hydrogen-bond donors (Lipinski definition) is 2. The van der Waals surface area contributed by atoms with Gasteiger partial charge < -0.3 is 16.0 Å². The Labute approximate surface area is 172 Å². The van der Waals surface area contributed by atoms with Gasteiger partial charge in [0.15, 0.2) is 0 Å². The van der Waals surface area contributed by atoms with Gasteiger partial charge in [0.05, 0.1) is 10.2 Å². The third-order valence-corrected chi connectivity index (χ3v) is 6.53. The highest BCUT2D eigenvalue weighted by molar-refractivity contribution is 7.26. The van der Waals surface area contributed by atoms with Crippen molar-refractivity contribution in [3.63, 3.8) is 0 Å². The number of hydrogen-bond acceptors (Lipinski definition) is 5. The number of rotatable bonds is 2. The SMILES string of the molecule is Nc1ncnc2c1sc1cc(-c3cccc(NC(=O)N4CCCCC4)c3)ccc12. The molecule has 1 saturated heterocycles. The molecule has 0 radical (unpaired) electrons. The maximum Gasteiger partial charge on any atom is 0.321 e. The van der Waals surface area contributed by atoms with Gasteiger partial charge in [0.25, 0.3) is 0 Å². The highest BCUT2D eigenvalue weighted by atomic mass is 32.1. The lowest BCUT2D eigenvalue weighted by Gasteiger charge is -2.26. The fourth-order valence-corrected chi connectivity index (χ4v) is 4.94. The highest BCUT2D eigenvalue weighted by Gasteiger charge is 2.16. The number of aromatic nitrogens is 2. The van der Waals surface area contributed by atoms with Crippen LogP contribution in [0.4, 0.5) is 16.3 Å². The normalized spacial score (nSPS) is 14.4. The van der Waals surface area contributed by atoms with Crippen molar-refractivity contribution in [3.05, 3.63) is 48.8 Å².